The normalized spacial score (nSPS) is 23.8. The molecule has 2 rings (SSSR count). The van der Waals surface area contributed by atoms with Crippen LogP contribution in [-0.4, -0.2) is 11.0 Å². The molecule has 0 saturated carbocycles. The summed E-state index contributed by atoms with van der Waals surface area (Å²) in [6.45, 7) is 0. The third-order valence-electron chi connectivity index (χ3n) is 2.77. The first-order chi connectivity index (χ1) is 6.64. The Balaban J connectivity index is 0.00000112. The van der Waals surface area contributed by atoms with Crippen LogP contribution in [0.1, 0.15) is 24.0 Å². The zero-order chi connectivity index (χ0) is 10.2. The molecule has 1 aromatic heterocycles. The number of pyridine rings is 1. The minimum absolute atomic E-state index is 0. The Hall–Kier alpha value is -0.420. The summed E-state index contributed by atoms with van der Waals surface area (Å²) in [5.74, 6) is -1.20. The third kappa shape index (κ3) is 2.08. The number of carbonyl (C=O) groups is 1. The van der Waals surface area contributed by atoms with Crippen molar-refractivity contribution in [2.24, 2.45) is 5.73 Å². The molecule has 1 atom stereocenters. The minimum atomic E-state index is -1.32. The number of carboxylic acid groups (broad SMARTS) is 1. The van der Waals surface area contributed by atoms with Crippen LogP contribution in [0.2, 0.25) is 0 Å². The summed E-state index contributed by atoms with van der Waals surface area (Å²) in [6.07, 6.45) is 5.29. The second-order valence-corrected chi connectivity index (χ2v) is 3.65. The summed E-state index contributed by atoms with van der Waals surface area (Å²) in [5, 5.41) is 11.0. The van der Waals surface area contributed by atoms with E-state index in [0.29, 0.717) is 12.0 Å². The summed E-state index contributed by atoms with van der Waals surface area (Å²) in [7, 11) is 0. The Morgan fingerprint density at radius 2 is 2.33 bits per heavy atom. The molecular weight excluding hydrogens is 203 g/mol. The van der Waals surface area contributed by atoms with Crippen LogP contribution in [0.15, 0.2) is 18.5 Å². The molecule has 0 bridgehead atoms. The van der Waals surface area contributed by atoms with Gasteiger partial charge in [-0.05, 0) is 36.5 Å². The second kappa shape index (κ2) is 4.61. The van der Waals surface area contributed by atoms with E-state index < -0.39 is 11.5 Å². The second-order valence-electron chi connectivity index (χ2n) is 3.65. The van der Waals surface area contributed by atoms with Crippen LogP contribution in [0, 0.1) is 0 Å². The van der Waals surface area contributed by atoms with Crippen molar-refractivity contribution in [1.82, 2.24) is 4.98 Å². The Labute approximate surface area is 110 Å². The van der Waals surface area contributed by atoms with Gasteiger partial charge in [-0.15, -0.1) is 0 Å². The van der Waals surface area contributed by atoms with Gasteiger partial charge in [-0.2, -0.15) is 0 Å². The van der Waals surface area contributed by atoms with Gasteiger partial charge in [0.2, 0.25) is 0 Å². The van der Waals surface area contributed by atoms with Gasteiger partial charge in [0, 0.05) is 12.4 Å². The predicted molar refractivity (Wildman–Crippen MR) is 48.0 cm³/mol. The van der Waals surface area contributed by atoms with Crippen molar-refractivity contribution in [1.29, 1.82) is 0 Å². The first kappa shape index (κ1) is 12.6. The molecule has 4 nitrogen and oxygen atoms in total. The summed E-state index contributed by atoms with van der Waals surface area (Å²) in [5.41, 5.74) is 6.07. The quantitative estimate of drug-likeness (QED) is 0.488. The third-order valence-corrected chi connectivity index (χ3v) is 2.77. The minimum Gasteiger partial charge on any atom is -0.548 e. The van der Waals surface area contributed by atoms with E-state index in [0.717, 1.165) is 18.4 Å². The average molecular weight is 214 g/mol. The first-order valence-electron chi connectivity index (χ1n) is 4.58. The van der Waals surface area contributed by atoms with Gasteiger partial charge in [0.05, 0.1) is 11.5 Å². The largest absolute Gasteiger partial charge is 1.00 e. The van der Waals surface area contributed by atoms with Gasteiger partial charge < -0.3 is 15.6 Å². The molecule has 1 aliphatic carbocycles. The van der Waals surface area contributed by atoms with Crippen LogP contribution in [0.4, 0.5) is 0 Å². The van der Waals surface area contributed by atoms with Crippen molar-refractivity contribution in [2.75, 3.05) is 0 Å². The first-order valence-corrected chi connectivity index (χ1v) is 4.58. The van der Waals surface area contributed by atoms with Crippen LogP contribution in [-0.2, 0) is 16.8 Å². The number of hydrogen-bond acceptors (Lipinski definition) is 4. The number of hydrogen-bond donors (Lipinski definition) is 1. The summed E-state index contributed by atoms with van der Waals surface area (Å²) in [6, 6.07) is 1.67. The number of nitrogens with zero attached hydrogens (tertiary/aromatic N) is 1. The molecule has 2 N–H and O–H groups in total. The van der Waals surface area contributed by atoms with Crippen molar-refractivity contribution in [3.05, 3.63) is 29.6 Å². The fourth-order valence-corrected chi connectivity index (χ4v) is 1.97. The SMILES string of the molecule is NC1(C(=O)[O-])CCCc2cnccc21.[Na+]. The van der Waals surface area contributed by atoms with Gasteiger partial charge in [-0.25, -0.2) is 0 Å². The predicted octanol–water partition coefficient (Wildman–Crippen LogP) is -3.67. The maximum Gasteiger partial charge on any atom is 1.00 e. The Morgan fingerprint density at radius 1 is 1.60 bits per heavy atom. The molecule has 0 radical (unpaired) electrons. The molecule has 1 aromatic rings. The topological polar surface area (TPSA) is 79.0 Å². The van der Waals surface area contributed by atoms with Gasteiger partial charge in [-0.1, -0.05) is 0 Å². The number of nitrogens with two attached hydrogens (primary N) is 1. The summed E-state index contributed by atoms with van der Waals surface area (Å²) >= 11 is 0. The Bertz CT molecular complexity index is 383. The monoisotopic (exact) mass is 214 g/mol. The number of aliphatic carboxylic acids is 1. The number of aromatic nitrogens is 1. The molecule has 15 heavy (non-hydrogen) atoms. The molecule has 1 heterocycles. The maximum absolute atomic E-state index is 11.0. The number of carboxylic acids is 1. The van der Waals surface area contributed by atoms with Crippen molar-refractivity contribution >= 4 is 5.97 Å². The Kier molecular flexibility index (Phi) is 3.89. The number of aryl methyl sites for hydroxylation is 1. The zero-order valence-corrected chi connectivity index (χ0v) is 10.7. The molecule has 0 aromatic carbocycles. The van der Waals surface area contributed by atoms with Crippen molar-refractivity contribution < 1.29 is 39.5 Å². The van der Waals surface area contributed by atoms with Crippen molar-refractivity contribution in [3.63, 3.8) is 0 Å². The van der Waals surface area contributed by atoms with Crippen molar-refractivity contribution in [2.45, 2.75) is 24.8 Å². The van der Waals surface area contributed by atoms with Crippen LogP contribution in [0.5, 0.6) is 0 Å². The van der Waals surface area contributed by atoms with E-state index >= 15 is 0 Å². The van der Waals surface area contributed by atoms with E-state index in [1.165, 1.54) is 0 Å². The standard InChI is InChI=1S/C10H12N2O2.Na/c11-10(9(13)14)4-1-2-7-6-12-5-3-8(7)10;/h3,5-6H,1-2,4,11H2,(H,13,14);/q;+1/p-1. The molecule has 0 amide bonds. The van der Waals surface area contributed by atoms with Crippen LogP contribution in [0.3, 0.4) is 0 Å². The molecule has 1 unspecified atom stereocenters. The van der Waals surface area contributed by atoms with Crippen molar-refractivity contribution in [3.8, 4) is 0 Å². The van der Waals surface area contributed by atoms with E-state index in [-0.39, 0.29) is 29.6 Å². The molecule has 0 aliphatic heterocycles. The Morgan fingerprint density at radius 3 is 3.00 bits per heavy atom. The molecule has 0 saturated heterocycles. The number of rotatable bonds is 1. The van der Waals surface area contributed by atoms with Crippen LogP contribution >= 0.6 is 0 Å². The molecule has 74 valence electrons. The molecular formula is C10H11N2NaO2. The zero-order valence-electron chi connectivity index (χ0n) is 8.69. The van der Waals surface area contributed by atoms with E-state index in [4.69, 9.17) is 5.73 Å². The molecule has 1 aliphatic rings. The van der Waals surface area contributed by atoms with Gasteiger partial charge in [0.25, 0.3) is 0 Å². The van der Waals surface area contributed by atoms with E-state index in [1.54, 1.807) is 18.5 Å². The number of carbonyl (C=O) groups excluding carboxylic acids is 1. The van der Waals surface area contributed by atoms with Gasteiger partial charge in [0.1, 0.15) is 0 Å². The smallest absolute Gasteiger partial charge is 0.548 e. The fraction of sp³-hybridized carbons (Fsp3) is 0.400. The van der Waals surface area contributed by atoms with Crippen LogP contribution < -0.4 is 40.4 Å². The summed E-state index contributed by atoms with van der Waals surface area (Å²) in [4.78, 5) is 14.9. The average Bonchev–Trinajstić information content (AvgIpc) is 2.18. The molecule has 0 fully saturated rings. The van der Waals surface area contributed by atoms with Gasteiger partial charge in [-0.3, -0.25) is 4.98 Å². The number of fused-ring (bicyclic) bond motifs is 1. The van der Waals surface area contributed by atoms with E-state index in [9.17, 15) is 9.90 Å². The summed E-state index contributed by atoms with van der Waals surface area (Å²) < 4.78 is 0. The van der Waals surface area contributed by atoms with Gasteiger partial charge in [0.15, 0.2) is 0 Å². The fourth-order valence-electron chi connectivity index (χ4n) is 1.97. The molecule has 0 spiro atoms. The molecule has 5 heteroatoms. The van der Waals surface area contributed by atoms with E-state index in [1.807, 2.05) is 0 Å². The van der Waals surface area contributed by atoms with E-state index in [2.05, 4.69) is 4.98 Å². The van der Waals surface area contributed by atoms with Crippen LogP contribution in [0.25, 0.3) is 0 Å². The van der Waals surface area contributed by atoms with Gasteiger partial charge >= 0.3 is 29.6 Å². The maximum atomic E-state index is 11.0.